The molecule has 0 bridgehead atoms. The summed E-state index contributed by atoms with van der Waals surface area (Å²) in [6.45, 7) is 3.78. The smallest absolute Gasteiger partial charge is 0.0507 e. The Balaban J connectivity index is 1.56. The average Bonchev–Trinajstić information content (AvgIpc) is 2.91. The number of rotatable bonds is 7. The number of benzene rings is 1. The average molecular weight is 248 g/mol. The molecule has 2 atom stereocenters. The molecule has 1 aliphatic heterocycles. The molecule has 1 aromatic carbocycles. The van der Waals surface area contributed by atoms with Crippen molar-refractivity contribution >= 4 is 0 Å². The second-order valence-electron chi connectivity index (χ2n) is 5.17. The van der Waals surface area contributed by atoms with Crippen LogP contribution in [-0.2, 0) is 11.2 Å². The lowest BCUT2D eigenvalue weighted by atomic mass is 10.1. The Morgan fingerprint density at radius 2 is 2.17 bits per heavy atom. The Morgan fingerprint density at radius 3 is 2.89 bits per heavy atom. The first-order valence-corrected chi connectivity index (χ1v) is 6.92. The standard InChI is InChI=1S/C15H24N2O/c16-15(7-6-13-4-2-1-3-5-13)11-17-10-14-8-9-18-12-14/h1-5,14-15,17H,6-12,16H2. The maximum Gasteiger partial charge on any atom is 0.0507 e. The molecule has 18 heavy (non-hydrogen) atoms. The van der Waals surface area contributed by atoms with Gasteiger partial charge in [0.1, 0.15) is 0 Å². The van der Waals surface area contributed by atoms with E-state index < -0.39 is 0 Å². The molecular formula is C15H24N2O. The van der Waals surface area contributed by atoms with Crippen molar-refractivity contribution < 1.29 is 4.74 Å². The van der Waals surface area contributed by atoms with Crippen LogP contribution in [0.25, 0.3) is 0 Å². The first-order valence-electron chi connectivity index (χ1n) is 6.92. The van der Waals surface area contributed by atoms with Crippen LogP contribution < -0.4 is 11.1 Å². The summed E-state index contributed by atoms with van der Waals surface area (Å²) in [4.78, 5) is 0. The molecule has 0 spiro atoms. The molecule has 3 N–H and O–H groups in total. The summed E-state index contributed by atoms with van der Waals surface area (Å²) in [5.41, 5.74) is 7.48. The van der Waals surface area contributed by atoms with Gasteiger partial charge in [-0.05, 0) is 30.7 Å². The molecule has 0 amide bonds. The van der Waals surface area contributed by atoms with Crippen molar-refractivity contribution in [2.45, 2.75) is 25.3 Å². The first-order chi connectivity index (χ1) is 8.84. The Hall–Kier alpha value is -0.900. The number of nitrogens with one attached hydrogen (secondary N) is 1. The van der Waals surface area contributed by atoms with Gasteiger partial charge in [-0.2, -0.15) is 0 Å². The monoisotopic (exact) mass is 248 g/mol. The quantitative estimate of drug-likeness (QED) is 0.770. The van der Waals surface area contributed by atoms with Gasteiger partial charge in [0.15, 0.2) is 0 Å². The summed E-state index contributed by atoms with van der Waals surface area (Å²) in [6, 6.07) is 10.8. The minimum atomic E-state index is 0.243. The van der Waals surface area contributed by atoms with Crippen LogP contribution in [-0.4, -0.2) is 32.3 Å². The minimum Gasteiger partial charge on any atom is -0.381 e. The zero-order valence-corrected chi connectivity index (χ0v) is 11.0. The predicted octanol–water partition coefficient (Wildman–Crippen LogP) is 1.57. The SMILES string of the molecule is NC(CCc1ccccc1)CNCC1CCOC1. The van der Waals surface area contributed by atoms with Gasteiger partial charge < -0.3 is 15.8 Å². The van der Waals surface area contributed by atoms with Crippen LogP contribution in [0.5, 0.6) is 0 Å². The van der Waals surface area contributed by atoms with E-state index in [0.29, 0.717) is 5.92 Å². The molecule has 0 radical (unpaired) electrons. The Kier molecular flexibility index (Phi) is 5.65. The maximum atomic E-state index is 6.11. The number of hydrogen-bond acceptors (Lipinski definition) is 3. The lowest BCUT2D eigenvalue weighted by Gasteiger charge is -2.14. The van der Waals surface area contributed by atoms with E-state index in [-0.39, 0.29) is 6.04 Å². The van der Waals surface area contributed by atoms with Gasteiger partial charge in [-0.15, -0.1) is 0 Å². The second kappa shape index (κ2) is 7.52. The van der Waals surface area contributed by atoms with E-state index >= 15 is 0 Å². The molecule has 0 saturated carbocycles. The van der Waals surface area contributed by atoms with Crippen LogP contribution in [0.1, 0.15) is 18.4 Å². The summed E-state index contributed by atoms with van der Waals surface area (Å²) in [5, 5.41) is 3.46. The molecule has 1 aromatic rings. The van der Waals surface area contributed by atoms with Gasteiger partial charge in [0.25, 0.3) is 0 Å². The molecule has 3 nitrogen and oxygen atoms in total. The number of nitrogens with two attached hydrogens (primary N) is 1. The fraction of sp³-hybridized carbons (Fsp3) is 0.600. The molecule has 2 rings (SSSR count). The van der Waals surface area contributed by atoms with Crippen LogP contribution in [0.2, 0.25) is 0 Å². The number of ether oxygens (including phenoxy) is 1. The van der Waals surface area contributed by atoms with Crippen LogP contribution in [0, 0.1) is 5.92 Å². The van der Waals surface area contributed by atoms with Crippen molar-refractivity contribution in [3.8, 4) is 0 Å². The van der Waals surface area contributed by atoms with Gasteiger partial charge in [0.05, 0.1) is 6.61 Å². The van der Waals surface area contributed by atoms with Gasteiger partial charge in [-0.1, -0.05) is 30.3 Å². The number of hydrogen-bond donors (Lipinski definition) is 2. The molecule has 1 aliphatic rings. The molecule has 2 unspecified atom stereocenters. The molecule has 3 heteroatoms. The van der Waals surface area contributed by atoms with Crippen molar-refractivity contribution in [3.63, 3.8) is 0 Å². The highest BCUT2D eigenvalue weighted by atomic mass is 16.5. The summed E-state index contributed by atoms with van der Waals surface area (Å²) >= 11 is 0. The molecule has 0 aromatic heterocycles. The zero-order chi connectivity index (χ0) is 12.6. The highest BCUT2D eigenvalue weighted by molar-refractivity contribution is 5.14. The molecule has 0 aliphatic carbocycles. The van der Waals surface area contributed by atoms with E-state index in [1.165, 1.54) is 12.0 Å². The summed E-state index contributed by atoms with van der Waals surface area (Å²) in [5.74, 6) is 0.686. The lowest BCUT2D eigenvalue weighted by molar-refractivity contribution is 0.185. The van der Waals surface area contributed by atoms with E-state index in [2.05, 4.69) is 35.6 Å². The van der Waals surface area contributed by atoms with Crippen molar-refractivity contribution in [2.75, 3.05) is 26.3 Å². The van der Waals surface area contributed by atoms with Crippen molar-refractivity contribution in [3.05, 3.63) is 35.9 Å². The highest BCUT2D eigenvalue weighted by Gasteiger charge is 2.15. The summed E-state index contributed by atoms with van der Waals surface area (Å²) in [7, 11) is 0. The fourth-order valence-electron chi connectivity index (χ4n) is 2.32. The summed E-state index contributed by atoms with van der Waals surface area (Å²) < 4.78 is 5.35. The topological polar surface area (TPSA) is 47.3 Å². The van der Waals surface area contributed by atoms with E-state index in [1.54, 1.807) is 0 Å². The maximum absolute atomic E-state index is 6.11. The van der Waals surface area contributed by atoms with Crippen LogP contribution in [0.3, 0.4) is 0 Å². The minimum absolute atomic E-state index is 0.243. The Morgan fingerprint density at radius 1 is 1.33 bits per heavy atom. The molecular weight excluding hydrogens is 224 g/mol. The van der Waals surface area contributed by atoms with Gasteiger partial charge in [-0.25, -0.2) is 0 Å². The zero-order valence-electron chi connectivity index (χ0n) is 11.0. The third kappa shape index (κ3) is 4.77. The van der Waals surface area contributed by atoms with Crippen LogP contribution >= 0.6 is 0 Å². The highest BCUT2D eigenvalue weighted by Crippen LogP contribution is 2.10. The largest absolute Gasteiger partial charge is 0.381 e. The summed E-state index contributed by atoms with van der Waals surface area (Å²) in [6.07, 6.45) is 3.29. The third-order valence-electron chi connectivity index (χ3n) is 3.51. The van der Waals surface area contributed by atoms with E-state index in [9.17, 15) is 0 Å². The van der Waals surface area contributed by atoms with Crippen LogP contribution in [0.15, 0.2) is 30.3 Å². The Labute approximate surface area is 110 Å². The normalized spacial score (nSPS) is 21.1. The predicted molar refractivity (Wildman–Crippen MR) is 74.5 cm³/mol. The van der Waals surface area contributed by atoms with Crippen molar-refractivity contribution in [1.82, 2.24) is 5.32 Å². The van der Waals surface area contributed by atoms with Crippen LogP contribution in [0.4, 0.5) is 0 Å². The van der Waals surface area contributed by atoms with Gasteiger partial charge in [0, 0.05) is 25.7 Å². The van der Waals surface area contributed by atoms with Crippen molar-refractivity contribution in [2.24, 2.45) is 11.7 Å². The fourth-order valence-corrected chi connectivity index (χ4v) is 2.32. The van der Waals surface area contributed by atoms with Crippen molar-refractivity contribution in [1.29, 1.82) is 0 Å². The van der Waals surface area contributed by atoms with Gasteiger partial charge >= 0.3 is 0 Å². The number of aryl methyl sites for hydroxylation is 1. The van der Waals surface area contributed by atoms with Gasteiger partial charge in [0.2, 0.25) is 0 Å². The molecule has 1 heterocycles. The molecule has 1 saturated heterocycles. The van der Waals surface area contributed by atoms with E-state index in [0.717, 1.165) is 39.1 Å². The van der Waals surface area contributed by atoms with E-state index in [4.69, 9.17) is 10.5 Å². The van der Waals surface area contributed by atoms with Gasteiger partial charge in [-0.3, -0.25) is 0 Å². The first kappa shape index (κ1) is 13.5. The molecule has 100 valence electrons. The Bertz CT molecular complexity index is 323. The second-order valence-corrected chi connectivity index (χ2v) is 5.17. The third-order valence-corrected chi connectivity index (χ3v) is 3.51. The lowest BCUT2D eigenvalue weighted by Crippen LogP contribution is -2.36. The van der Waals surface area contributed by atoms with E-state index in [1.807, 2.05) is 0 Å². The molecule has 1 fully saturated rings.